The molecule has 1 saturated heterocycles. The third kappa shape index (κ3) is 7.31. The Labute approximate surface area is 194 Å². The summed E-state index contributed by atoms with van der Waals surface area (Å²) < 4.78 is 13.6. The molecule has 1 aliphatic carbocycles. The van der Waals surface area contributed by atoms with Crippen LogP contribution in [-0.4, -0.2) is 55.2 Å². The lowest BCUT2D eigenvalue weighted by molar-refractivity contribution is -0.134. The number of carbonyl (C=O) groups excluding carboxylic acids is 1. The maximum absolute atomic E-state index is 13.6. The molecular weight excluding hydrogens is 502 g/mol. The predicted molar refractivity (Wildman–Crippen MR) is 129 cm³/mol. The third-order valence-electron chi connectivity index (χ3n) is 5.52. The smallest absolute Gasteiger partial charge is 0.225 e. The van der Waals surface area contributed by atoms with Gasteiger partial charge in [-0.25, -0.2) is 4.39 Å². The maximum Gasteiger partial charge on any atom is 0.225 e. The van der Waals surface area contributed by atoms with Crippen molar-refractivity contribution in [2.75, 3.05) is 32.4 Å². The number of thioether (sulfide) groups is 1. The van der Waals surface area contributed by atoms with Crippen molar-refractivity contribution in [3.63, 3.8) is 0 Å². The van der Waals surface area contributed by atoms with Gasteiger partial charge in [-0.05, 0) is 30.9 Å². The molecular formula is C21H32FIN4OS. The molecule has 0 bridgehead atoms. The number of hydrogen-bond acceptors (Lipinski definition) is 3. The van der Waals surface area contributed by atoms with Crippen LogP contribution in [0.5, 0.6) is 0 Å². The van der Waals surface area contributed by atoms with Crippen LogP contribution in [0.15, 0.2) is 29.3 Å². The van der Waals surface area contributed by atoms with E-state index in [1.165, 1.54) is 18.9 Å². The highest BCUT2D eigenvalue weighted by atomic mass is 127. The van der Waals surface area contributed by atoms with Gasteiger partial charge in [0.1, 0.15) is 5.82 Å². The zero-order valence-corrected chi connectivity index (χ0v) is 20.2. The lowest BCUT2D eigenvalue weighted by atomic mass is 10.1. The van der Waals surface area contributed by atoms with E-state index in [1.54, 1.807) is 24.9 Å². The van der Waals surface area contributed by atoms with E-state index in [1.807, 2.05) is 17.0 Å². The zero-order chi connectivity index (χ0) is 19.8. The van der Waals surface area contributed by atoms with Crippen LogP contribution in [0.3, 0.4) is 0 Å². The van der Waals surface area contributed by atoms with Crippen molar-refractivity contribution < 1.29 is 9.18 Å². The van der Waals surface area contributed by atoms with Crippen LogP contribution in [0.25, 0.3) is 0 Å². The standard InChI is InChI=1S/C21H31FN4OS.HI/c1-23-21(24-11-13-28-15-17-8-4-5-9-19(17)22)25-18-10-12-26(14-18)20(27)16-6-2-3-7-16;/h4-5,8-9,16,18H,2-3,6-7,10-15H2,1H3,(H2,23,24,25);1H. The largest absolute Gasteiger partial charge is 0.356 e. The molecule has 1 saturated carbocycles. The molecule has 1 heterocycles. The lowest BCUT2D eigenvalue weighted by Gasteiger charge is -2.21. The van der Waals surface area contributed by atoms with Crippen molar-refractivity contribution in [2.45, 2.75) is 43.9 Å². The van der Waals surface area contributed by atoms with Crippen molar-refractivity contribution >= 4 is 47.6 Å². The molecule has 1 aromatic carbocycles. The van der Waals surface area contributed by atoms with Crippen molar-refractivity contribution in [1.29, 1.82) is 0 Å². The first-order valence-electron chi connectivity index (χ1n) is 10.2. The molecule has 0 radical (unpaired) electrons. The Kier molecular flexibility index (Phi) is 10.5. The van der Waals surface area contributed by atoms with E-state index in [0.717, 1.165) is 56.2 Å². The molecule has 3 rings (SSSR count). The monoisotopic (exact) mass is 534 g/mol. The molecule has 1 atom stereocenters. The fraction of sp³-hybridized carbons (Fsp3) is 0.619. The number of carbonyl (C=O) groups is 1. The van der Waals surface area contributed by atoms with Gasteiger partial charge in [-0.2, -0.15) is 11.8 Å². The number of nitrogens with zero attached hydrogens (tertiary/aromatic N) is 2. The molecule has 29 heavy (non-hydrogen) atoms. The number of hydrogen-bond donors (Lipinski definition) is 2. The Hall–Kier alpha value is -1.03. The van der Waals surface area contributed by atoms with Gasteiger partial charge in [-0.3, -0.25) is 9.79 Å². The number of nitrogens with one attached hydrogen (secondary N) is 2. The summed E-state index contributed by atoms with van der Waals surface area (Å²) in [5.41, 5.74) is 0.744. The Morgan fingerprint density at radius 2 is 2.03 bits per heavy atom. The minimum atomic E-state index is -0.140. The van der Waals surface area contributed by atoms with Crippen molar-refractivity contribution in [3.8, 4) is 0 Å². The van der Waals surface area contributed by atoms with Crippen molar-refractivity contribution in [3.05, 3.63) is 35.6 Å². The second-order valence-electron chi connectivity index (χ2n) is 7.54. The predicted octanol–water partition coefficient (Wildman–Crippen LogP) is 3.63. The number of halogens is 2. The van der Waals surface area contributed by atoms with Gasteiger partial charge in [-0.15, -0.1) is 24.0 Å². The minimum absolute atomic E-state index is 0. The van der Waals surface area contributed by atoms with Gasteiger partial charge in [0, 0.05) is 50.1 Å². The van der Waals surface area contributed by atoms with Gasteiger partial charge in [0.05, 0.1) is 0 Å². The highest BCUT2D eigenvalue weighted by Gasteiger charge is 2.32. The van der Waals surface area contributed by atoms with Crippen molar-refractivity contribution in [2.24, 2.45) is 10.9 Å². The maximum atomic E-state index is 13.6. The van der Waals surface area contributed by atoms with E-state index >= 15 is 0 Å². The molecule has 162 valence electrons. The van der Waals surface area contributed by atoms with Gasteiger partial charge < -0.3 is 15.5 Å². The summed E-state index contributed by atoms with van der Waals surface area (Å²) >= 11 is 1.70. The topological polar surface area (TPSA) is 56.7 Å². The van der Waals surface area contributed by atoms with E-state index in [-0.39, 0.29) is 41.8 Å². The Balaban J connectivity index is 0.00000300. The van der Waals surface area contributed by atoms with Crippen molar-refractivity contribution in [1.82, 2.24) is 15.5 Å². The normalized spacial score (nSPS) is 19.9. The van der Waals surface area contributed by atoms with Crippen LogP contribution in [0.4, 0.5) is 4.39 Å². The first-order chi connectivity index (χ1) is 13.7. The summed E-state index contributed by atoms with van der Waals surface area (Å²) in [5, 5.41) is 6.75. The zero-order valence-electron chi connectivity index (χ0n) is 17.0. The molecule has 2 N–H and O–H groups in total. The van der Waals surface area contributed by atoms with E-state index in [4.69, 9.17) is 0 Å². The number of rotatable bonds is 7. The number of guanidine groups is 1. The van der Waals surface area contributed by atoms with Gasteiger partial charge >= 0.3 is 0 Å². The first kappa shape index (κ1) is 24.2. The fourth-order valence-corrected chi connectivity index (χ4v) is 4.78. The van der Waals surface area contributed by atoms with E-state index in [2.05, 4.69) is 15.6 Å². The molecule has 0 spiro atoms. The lowest BCUT2D eigenvalue weighted by Crippen LogP contribution is -2.46. The fourth-order valence-electron chi connectivity index (χ4n) is 3.94. The van der Waals surface area contributed by atoms with Gasteiger partial charge in [0.15, 0.2) is 5.96 Å². The summed E-state index contributed by atoms with van der Waals surface area (Å²) in [7, 11) is 1.76. The molecule has 1 aliphatic heterocycles. The summed E-state index contributed by atoms with van der Waals surface area (Å²) in [5.74, 6) is 2.76. The third-order valence-corrected chi connectivity index (χ3v) is 6.53. The quantitative estimate of drug-likeness (QED) is 0.243. The highest BCUT2D eigenvalue weighted by Crippen LogP contribution is 2.27. The van der Waals surface area contributed by atoms with Gasteiger partial charge in [0.2, 0.25) is 5.91 Å². The molecule has 2 aliphatic rings. The molecule has 0 aromatic heterocycles. The van der Waals surface area contributed by atoms with E-state index in [0.29, 0.717) is 11.7 Å². The van der Waals surface area contributed by atoms with Crippen LogP contribution < -0.4 is 10.6 Å². The molecule has 8 heteroatoms. The van der Waals surface area contributed by atoms with E-state index < -0.39 is 0 Å². The average molecular weight is 534 g/mol. The average Bonchev–Trinajstić information content (AvgIpc) is 3.40. The van der Waals surface area contributed by atoms with Gasteiger partial charge in [-0.1, -0.05) is 31.0 Å². The van der Waals surface area contributed by atoms with E-state index in [9.17, 15) is 9.18 Å². The Morgan fingerprint density at radius 3 is 2.76 bits per heavy atom. The minimum Gasteiger partial charge on any atom is -0.356 e. The summed E-state index contributed by atoms with van der Waals surface area (Å²) in [4.78, 5) is 18.9. The summed E-state index contributed by atoms with van der Waals surface area (Å²) in [6, 6.07) is 7.16. The number of aliphatic imine (C=N–C) groups is 1. The first-order valence-corrected chi connectivity index (χ1v) is 11.4. The van der Waals surface area contributed by atoms with Crippen LogP contribution >= 0.6 is 35.7 Å². The SMILES string of the molecule is CN=C(NCCSCc1ccccc1F)NC1CCN(C(=O)C2CCCC2)C1.I. The Morgan fingerprint density at radius 1 is 1.28 bits per heavy atom. The summed E-state index contributed by atoms with van der Waals surface area (Å²) in [6.45, 7) is 2.36. The highest BCUT2D eigenvalue weighted by molar-refractivity contribution is 14.0. The second-order valence-corrected chi connectivity index (χ2v) is 8.64. The van der Waals surface area contributed by atoms with Crippen LogP contribution in [0.1, 0.15) is 37.7 Å². The molecule has 2 fully saturated rings. The van der Waals surface area contributed by atoms with Crippen LogP contribution in [-0.2, 0) is 10.5 Å². The van der Waals surface area contributed by atoms with Gasteiger partial charge in [0.25, 0.3) is 0 Å². The number of amides is 1. The Bertz CT molecular complexity index is 684. The van der Waals surface area contributed by atoms with Crippen LogP contribution in [0, 0.1) is 11.7 Å². The second kappa shape index (κ2) is 12.6. The molecule has 1 amide bonds. The van der Waals surface area contributed by atoms with Crippen LogP contribution in [0.2, 0.25) is 0 Å². The molecule has 1 unspecified atom stereocenters. The number of benzene rings is 1. The molecule has 1 aromatic rings. The number of likely N-dealkylation sites (tertiary alicyclic amines) is 1. The summed E-state index contributed by atoms with van der Waals surface area (Å²) in [6.07, 6.45) is 5.46. The molecule has 5 nitrogen and oxygen atoms in total.